The second-order valence-electron chi connectivity index (χ2n) is 8.32. The van der Waals surface area contributed by atoms with Gasteiger partial charge in [0.25, 0.3) is 0 Å². The first-order chi connectivity index (χ1) is 16.7. The molecule has 4 aromatic rings. The molecule has 0 saturated heterocycles. The Labute approximate surface area is 200 Å². The number of nitrogens with one attached hydrogen (secondary N) is 1. The van der Waals surface area contributed by atoms with Crippen molar-refractivity contribution in [1.82, 2.24) is 5.32 Å². The number of nitrogens with zero attached hydrogens (tertiary/aromatic N) is 1. The molecule has 34 heavy (non-hydrogen) atoms. The van der Waals surface area contributed by atoms with Crippen molar-refractivity contribution in [1.29, 1.82) is 0 Å². The summed E-state index contributed by atoms with van der Waals surface area (Å²) in [4.78, 5) is 11.8. The number of fused-ring (bicyclic) bond motifs is 1. The summed E-state index contributed by atoms with van der Waals surface area (Å²) in [5.41, 5.74) is 8.83. The molecule has 0 unspecified atom stereocenters. The number of benzene rings is 2. The highest BCUT2D eigenvalue weighted by Crippen LogP contribution is 2.23. The summed E-state index contributed by atoms with van der Waals surface area (Å²) in [5.74, 6) is 1.77. The molecule has 0 spiro atoms. The Balaban J connectivity index is 1.46. The predicted octanol–water partition coefficient (Wildman–Crippen LogP) is 5.19. The molecule has 0 aliphatic heterocycles. The lowest BCUT2D eigenvalue weighted by Gasteiger charge is -2.06. The molecule has 0 aliphatic carbocycles. The van der Waals surface area contributed by atoms with E-state index in [0.717, 1.165) is 48.6 Å². The molecular weight excluding hydrogens is 422 g/mol. The average Bonchev–Trinajstić information content (AvgIpc) is 3.36. The van der Waals surface area contributed by atoms with Gasteiger partial charge in [-0.2, -0.15) is 4.57 Å². The Morgan fingerprint density at radius 1 is 0.882 bits per heavy atom. The molecule has 174 valence electrons. The van der Waals surface area contributed by atoms with Crippen LogP contribution < -0.4 is 15.6 Å². The molecule has 0 fully saturated rings. The van der Waals surface area contributed by atoms with Crippen LogP contribution in [-0.4, -0.2) is 19.0 Å². The average molecular weight is 455 g/mol. The van der Waals surface area contributed by atoms with Crippen molar-refractivity contribution in [3.8, 4) is 11.3 Å². The molecule has 0 aliphatic rings. The SMILES string of the molecule is NCCNC(=O)CCCCC[n+]1c(/C=C/c2ccc(-c3ccccc3)o2)ccc2ccccc21. The van der Waals surface area contributed by atoms with Crippen molar-refractivity contribution in [3.05, 3.63) is 90.3 Å². The van der Waals surface area contributed by atoms with Gasteiger partial charge >= 0.3 is 0 Å². The zero-order valence-electron chi connectivity index (χ0n) is 19.5. The highest BCUT2D eigenvalue weighted by atomic mass is 16.3. The molecule has 0 saturated carbocycles. The van der Waals surface area contributed by atoms with Crippen LogP contribution in [0, 0.1) is 0 Å². The Morgan fingerprint density at radius 3 is 2.56 bits per heavy atom. The Kier molecular flexibility index (Phi) is 8.25. The van der Waals surface area contributed by atoms with Crippen LogP contribution in [0.2, 0.25) is 0 Å². The number of amides is 1. The number of carbonyl (C=O) groups is 1. The van der Waals surface area contributed by atoms with Crippen LogP contribution >= 0.6 is 0 Å². The van der Waals surface area contributed by atoms with E-state index in [-0.39, 0.29) is 5.91 Å². The van der Waals surface area contributed by atoms with Gasteiger partial charge in [0.2, 0.25) is 17.1 Å². The van der Waals surface area contributed by atoms with Crippen molar-refractivity contribution in [2.24, 2.45) is 5.73 Å². The molecular formula is C29H32N3O2+. The number of hydrogen-bond donors (Lipinski definition) is 2. The van der Waals surface area contributed by atoms with E-state index in [4.69, 9.17) is 10.2 Å². The number of para-hydroxylation sites is 1. The predicted molar refractivity (Wildman–Crippen MR) is 138 cm³/mol. The van der Waals surface area contributed by atoms with Gasteiger partial charge in [0.05, 0.1) is 0 Å². The summed E-state index contributed by atoms with van der Waals surface area (Å²) in [6.07, 6.45) is 7.56. The standard InChI is InChI=1S/C29H31N3O2/c30-20-21-31-29(33)13-5-2-8-22-32-25(15-14-23-9-6-7-12-27(23)32)16-17-26-18-19-28(34-26)24-10-3-1-4-11-24/h1,3-4,6-7,9-12,14-19H,2,5,8,13,20-22,30H2/p+1/b17-16+. The molecule has 2 aromatic carbocycles. The van der Waals surface area contributed by atoms with Gasteiger partial charge in [0.1, 0.15) is 18.1 Å². The summed E-state index contributed by atoms with van der Waals surface area (Å²) in [6.45, 7) is 1.91. The van der Waals surface area contributed by atoms with E-state index in [2.05, 4.69) is 52.4 Å². The van der Waals surface area contributed by atoms with Crippen molar-refractivity contribution >= 4 is 29.0 Å². The smallest absolute Gasteiger partial charge is 0.220 e. The molecule has 5 nitrogen and oxygen atoms in total. The molecule has 5 heteroatoms. The third-order valence-corrected chi connectivity index (χ3v) is 5.83. The van der Waals surface area contributed by atoms with Gasteiger partial charge < -0.3 is 15.5 Å². The third-order valence-electron chi connectivity index (χ3n) is 5.83. The van der Waals surface area contributed by atoms with Crippen LogP contribution in [0.5, 0.6) is 0 Å². The van der Waals surface area contributed by atoms with Crippen LogP contribution in [0.4, 0.5) is 0 Å². The van der Waals surface area contributed by atoms with Gasteiger partial charge in [-0.05, 0) is 43.2 Å². The molecule has 2 aromatic heterocycles. The summed E-state index contributed by atoms with van der Waals surface area (Å²) in [7, 11) is 0. The summed E-state index contributed by atoms with van der Waals surface area (Å²) in [6, 6.07) is 26.9. The third kappa shape index (κ3) is 6.21. The quantitative estimate of drug-likeness (QED) is 0.242. The maximum Gasteiger partial charge on any atom is 0.220 e. The monoisotopic (exact) mass is 454 g/mol. The summed E-state index contributed by atoms with van der Waals surface area (Å²) >= 11 is 0. The normalized spacial score (nSPS) is 11.3. The molecule has 2 heterocycles. The van der Waals surface area contributed by atoms with Crippen LogP contribution in [0.15, 0.2) is 83.3 Å². The van der Waals surface area contributed by atoms with Gasteiger partial charge in [0, 0.05) is 55.1 Å². The number of nitrogens with two attached hydrogens (primary N) is 1. The lowest BCUT2D eigenvalue weighted by molar-refractivity contribution is -0.673. The second-order valence-corrected chi connectivity index (χ2v) is 8.32. The lowest BCUT2D eigenvalue weighted by Crippen LogP contribution is -2.38. The van der Waals surface area contributed by atoms with Gasteiger partial charge in [-0.25, -0.2) is 0 Å². The number of aromatic nitrogens is 1. The summed E-state index contributed by atoms with van der Waals surface area (Å²) in [5, 5.41) is 4.04. The molecule has 4 rings (SSSR count). The van der Waals surface area contributed by atoms with Gasteiger partial charge in [-0.15, -0.1) is 0 Å². The number of furan rings is 1. The molecule has 0 bridgehead atoms. The number of carbonyl (C=O) groups excluding carboxylic acids is 1. The zero-order valence-corrected chi connectivity index (χ0v) is 19.5. The first kappa shape index (κ1) is 23.5. The molecule has 0 atom stereocenters. The van der Waals surface area contributed by atoms with Crippen molar-refractivity contribution in [2.75, 3.05) is 13.1 Å². The Morgan fingerprint density at radius 2 is 1.71 bits per heavy atom. The molecule has 3 N–H and O–H groups in total. The van der Waals surface area contributed by atoms with Gasteiger partial charge in [0.15, 0.2) is 0 Å². The fourth-order valence-corrected chi connectivity index (χ4v) is 4.07. The minimum atomic E-state index is 0.0835. The van der Waals surface area contributed by atoms with Crippen LogP contribution in [-0.2, 0) is 11.3 Å². The van der Waals surface area contributed by atoms with Crippen LogP contribution in [0.25, 0.3) is 34.4 Å². The number of aryl methyl sites for hydroxylation is 1. The van der Waals surface area contributed by atoms with E-state index in [0.29, 0.717) is 19.5 Å². The largest absolute Gasteiger partial charge is 0.457 e. The lowest BCUT2D eigenvalue weighted by atomic mass is 10.1. The van der Waals surface area contributed by atoms with Crippen LogP contribution in [0.3, 0.4) is 0 Å². The van der Waals surface area contributed by atoms with E-state index >= 15 is 0 Å². The van der Waals surface area contributed by atoms with E-state index in [1.165, 1.54) is 10.9 Å². The minimum absolute atomic E-state index is 0.0835. The van der Waals surface area contributed by atoms with Crippen molar-refractivity contribution in [2.45, 2.75) is 32.2 Å². The van der Waals surface area contributed by atoms with E-state index in [1.54, 1.807) is 0 Å². The molecule has 0 radical (unpaired) electrons. The highest BCUT2D eigenvalue weighted by molar-refractivity contribution is 5.77. The first-order valence-corrected chi connectivity index (χ1v) is 12.0. The van der Waals surface area contributed by atoms with Crippen LogP contribution in [0.1, 0.15) is 37.1 Å². The second kappa shape index (κ2) is 12.0. The number of unbranched alkanes of at least 4 members (excludes halogenated alkanes) is 2. The van der Waals surface area contributed by atoms with Crippen molar-refractivity contribution in [3.63, 3.8) is 0 Å². The molecule has 1 amide bonds. The fourth-order valence-electron chi connectivity index (χ4n) is 4.07. The number of rotatable bonds is 11. The van der Waals surface area contributed by atoms with E-state index < -0.39 is 0 Å². The number of hydrogen-bond acceptors (Lipinski definition) is 3. The minimum Gasteiger partial charge on any atom is -0.457 e. The fraction of sp³-hybridized carbons (Fsp3) is 0.241. The van der Waals surface area contributed by atoms with Gasteiger partial charge in [-0.3, -0.25) is 4.79 Å². The van der Waals surface area contributed by atoms with Crippen molar-refractivity contribution < 1.29 is 13.8 Å². The maximum atomic E-state index is 11.8. The first-order valence-electron chi connectivity index (χ1n) is 12.0. The number of pyridine rings is 1. The van der Waals surface area contributed by atoms with E-state index in [9.17, 15) is 4.79 Å². The topological polar surface area (TPSA) is 72.1 Å². The Hall–Kier alpha value is -3.70. The maximum absolute atomic E-state index is 11.8. The Bertz CT molecular complexity index is 1240. The zero-order chi connectivity index (χ0) is 23.6. The summed E-state index contributed by atoms with van der Waals surface area (Å²) < 4.78 is 8.39. The van der Waals surface area contributed by atoms with Gasteiger partial charge in [-0.1, -0.05) is 42.5 Å². The highest BCUT2D eigenvalue weighted by Gasteiger charge is 2.14. The van der Waals surface area contributed by atoms with E-state index in [1.807, 2.05) is 48.5 Å².